The van der Waals surface area contributed by atoms with Gasteiger partial charge in [-0.15, -0.1) is 0 Å². The van der Waals surface area contributed by atoms with E-state index in [4.69, 9.17) is 14.6 Å². The standard InChI is InChI=1S/C12H14N2O3/c1-16-11-5-3-10(4-6-11)14-12(17-2)9(8-15)7-13-14/h3-7,15H,8H2,1-2H3. The molecule has 0 radical (unpaired) electrons. The van der Waals surface area contributed by atoms with E-state index in [1.807, 2.05) is 24.3 Å². The van der Waals surface area contributed by atoms with Gasteiger partial charge in [-0.2, -0.15) is 5.10 Å². The summed E-state index contributed by atoms with van der Waals surface area (Å²) in [6, 6.07) is 7.43. The molecule has 0 bridgehead atoms. The van der Waals surface area contributed by atoms with Crippen LogP contribution in [0.4, 0.5) is 0 Å². The van der Waals surface area contributed by atoms with E-state index >= 15 is 0 Å². The van der Waals surface area contributed by atoms with Crippen LogP contribution in [-0.2, 0) is 6.61 Å². The minimum absolute atomic E-state index is 0.0979. The number of rotatable bonds is 4. The first-order valence-corrected chi connectivity index (χ1v) is 5.16. The van der Waals surface area contributed by atoms with E-state index in [2.05, 4.69) is 5.10 Å². The number of aliphatic hydroxyl groups is 1. The van der Waals surface area contributed by atoms with Crippen molar-refractivity contribution in [1.29, 1.82) is 0 Å². The van der Waals surface area contributed by atoms with Crippen LogP contribution >= 0.6 is 0 Å². The lowest BCUT2D eigenvalue weighted by Gasteiger charge is -2.08. The molecule has 1 N–H and O–H groups in total. The number of hydrogen-bond donors (Lipinski definition) is 1. The molecule has 17 heavy (non-hydrogen) atoms. The van der Waals surface area contributed by atoms with E-state index in [1.54, 1.807) is 25.1 Å². The Morgan fingerprint density at radius 3 is 2.41 bits per heavy atom. The summed E-state index contributed by atoms with van der Waals surface area (Å²) in [7, 11) is 3.17. The molecule has 0 aliphatic heterocycles. The number of benzene rings is 1. The molecular weight excluding hydrogens is 220 g/mol. The zero-order chi connectivity index (χ0) is 12.3. The third-order valence-corrected chi connectivity index (χ3v) is 2.48. The fourth-order valence-electron chi connectivity index (χ4n) is 1.60. The number of methoxy groups -OCH3 is 2. The molecule has 0 aliphatic carbocycles. The molecule has 2 rings (SSSR count). The summed E-state index contributed by atoms with van der Waals surface area (Å²) in [4.78, 5) is 0. The zero-order valence-electron chi connectivity index (χ0n) is 9.75. The maximum Gasteiger partial charge on any atom is 0.222 e. The number of ether oxygens (including phenoxy) is 2. The smallest absolute Gasteiger partial charge is 0.222 e. The van der Waals surface area contributed by atoms with Gasteiger partial charge in [-0.25, -0.2) is 4.68 Å². The fourth-order valence-corrected chi connectivity index (χ4v) is 1.60. The van der Waals surface area contributed by atoms with Gasteiger partial charge in [0.1, 0.15) is 5.75 Å². The second-order valence-corrected chi connectivity index (χ2v) is 3.45. The van der Waals surface area contributed by atoms with Gasteiger partial charge in [0.2, 0.25) is 5.88 Å². The molecule has 1 aromatic heterocycles. The minimum atomic E-state index is -0.0979. The Labute approximate surface area is 99.2 Å². The summed E-state index contributed by atoms with van der Waals surface area (Å²) in [5.74, 6) is 1.32. The van der Waals surface area contributed by atoms with Gasteiger partial charge < -0.3 is 14.6 Å². The highest BCUT2D eigenvalue weighted by Crippen LogP contribution is 2.23. The van der Waals surface area contributed by atoms with Crippen molar-refractivity contribution >= 4 is 0 Å². The predicted molar refractivity (Wildman–Crippen MR) is 62.6 cm³/mol. The van der Waals surface area contributed by atoms with Gasteiger partial charge in [-0.05, 0) is 24.3 Å². The van der Waals surface area contributed by atoms with Gasteiger partial charge in [0.05, 0.1) is 38.3 Å². The second-order valence-electron chi connectivity index (χ2n) is 3.45. The van der Waals surface area contributed by atoms with Crippen LogP contribution < -0.4 is 9.47 Å². The van der Waals surface area contributed by atoms with Crippen LogP contribution in [0.25, 0.3) is 5.69 Å². The highest BCUT2D eigenvalue weighted by atomic mass is 16.5. The summed E-state index contributed by atoms with van der Waals surface area (Å²) in [6.07, 6.45) is 1.59. The number of aromatic nitrogens is 2. The number of hydrogen-bond acceptors (Lipinski definition) is 4. The van der Waals surface area contributed by atoms with E-state index in [-0.39, 0.29) is 6.61 Å². The van der Waals surface area contributed by atoms with Gasteiger partial charge in [-0.1, -0.05) is 0 Å². The van der Waals surface area contributed by atoms with Crippen LogP contribution in [0, 0.1) is 0 Å². The zero-order valence-corrected chi connectivity index (χ0v) is 9.75. The van der Waals surface area contributed by atoms with Crippen LogP contribution in [0.1, 0.15) is 5.56 Å². The molecule has 2 aromatic rings. The molecule has 0 fully saturated rings. The molecular formula is C12H14N2O3. The molecule has 0 saturated heterocycles. The normalized spacial score (nSPS) is 10.3. The maximum absolute atomic E-state index is 9.14. The van der Waals surface area contributed by atoms with Gasteiger partial charge in [0.25, 0.3) is 0 Å². The molecule has 0 amide bonds. The second kappa shape index (κ2) is 4.88. The summed E-state index contributed by atoms with van der Waals surface area (Å²) in [5.41, 5.74) is 1.51. The average molecular weight is 234 g/mol. The molecule has 0 atom stereocenters. The first-order valence-electron chi connectivity index (χ1n) is 5.16. The van der Waals surface area contributed by atoms with Gasteiger partial charge in [0.15, 0.2) is 0 Å². The van der Waals surface area contributed by atoms with Crippen LogP contribution in [0.15, 0.2) is 30.5 Å². The van der Waals surface area contributed by atoms with Crippen molar-refractivity contribution in [2.45, 2.75) is 6.61 Å². The Morgan fingerprint density at radius 2 is 1.88 bits per heavy atom. The van der Waals surface area contributed by atoms with E-state index < -0.39 is 0 Å². The monoisotopic (exact) mass is 234 g/mol. The summed E-state index contributed by atoms with van der Waals surface area (Å²) < 4.78 is 11.9. The number of aliphatic hydroxyl groups excluding tert-OH is 1. The molecule has 5 heteroatoms. The van der Waals surface area contributed by atoms with Crippen LogP contribution in [-0.4, -0.2) is 29.1 Å². The highest BCUT2D eigenvalue weighted by molar-refractivity contribution is 5.41. The topological polar surface area (TPSA) is 56.5 Å². The maximum atomic E-state index is 9.14. The van der Waals surface area contributed by atoms with Crippen molar-refractivity contribution < 1.29 is 14.6 Å². The lowest BCUT2D eigenvalue weighted by molar-refractivity contribution is 0.272. The first-order chi connectivity index (χ1) is 8.30. The lowest BCUT2D eigenvalue weighted by Crippen LogP contribution is -2.00. The predicted octanol–water partition coefficient (Wildman–Crippen LogP) is 1.38. The molecule has 0 unspecified atom stereocenters. The summed E-state index contributed by atoms with van der Waals surface area (Å²) >= 11 is 0. The Hall–Kier alpha value is -2.01. The van der Waals surface area contributed by atoms with Gasteiger partial charge in [-0.3, -0.25) is 0 Å². The molecule has 90 valence electrons. The van der Waals surface area contributed by atoms with Gasteiger partial charge >= 0.3 is 0 Å². The van der Waals surface area contributed by atoms with E-state index in [0.717, 1.165) is 11.4 Å². The Morgan fingerprint density at radius 1 is 1.18 bits per heavy atom. The van der Waals surface area contributed by atoms with Crippen LogP contribution in [0.2, 0.25) is 0 Å². The molecule has 5 nitrogen and oxygen atoms in total. The summed E-state index contributed by atoms with van der Waals surface area (Å²) in [5, 5.41) is 13.3. The van der Waals surface area contributed by atoms with Crippen LogP contribution in [0.3, 0.4) is 0 Å². The lowest BCUT2D eigenvalue weighted by atomic mass is 10.3. The van der Waals surface area contributed by atoms with Crippen molar-refractivity contribution in [2.75, 3.05) is 14.2 Å². The molecule has 1 heterocycles. The Bertz CT molecular complexity index is 491. The first kappa shape index (κ1) is 11.5. The minimum Gasteiger partial charge on any atom is -0.497 e. The Balaban J connectivity index is 2.41. The summed E-state index contributed by atoms with van der Waals surface area (Å²) in [6.45, 7) is -0.0979. The van der Waals surface area contributed by atoms with E-state index in [9.17, 15) is 0 Å². The van der Waals surface area contributed by atoms with Crippen LogP contribution in [0.5, 0.6) is 11.6 Å². The largest absolute Gasteiger partial charge is 0.497 e. The molecule has 0 saturated carbocycles. The van der Waals surface area contributed by atoms with Crippen molar-refractivity contribution in [1.82, 2.24) is 9.78 Å². The average Bonchev–Trinajstić information content (AvgIpc) is 2.81. The SMILES string of the molecule is COc1ccc(-n2ncc(CO)c2OC)cc1. The van der Waals surface area contributed by atoms with Gasteiger partial charge in [0, 0.05) is 0 Å². The molecule has 0 spiro atoms. The highest BCUT2D eigenvalue weighted by Gasteiger charge is 2.11. The van der Waals surface area contributed by atoms with Crippen molar-refractivity contribution in [2.24, 2.45) is 0 Å². The van der Waals surface area contributed by atoms with E-state index in [1.165, 1.54) is 0 Å². The number of nitrogens with zero attached hydrogens (tertiary/aromatic N) is 2. The van der Waals surface area contributed by atoms with Crippen molar-refractivity contribution in [3.8, 4) is 17.3 Å². The molecule has 0 aliphatic rings. The third-order valence-electron chi connectivity index (χ3n) is 2.48. The Kier molecular flexibility index (Phi) is 3.30. The third kappa shape index (κ3) is 2.09. The van der Waals surface area contributed by atoms with Crippen molar-refractivity contribution in [3.63, 3.8) is 0 Å². The molecule has 1 aromatic carbocycles. The fraction of sp³-hybridized carbons (Fsp3) is 0.250. The quantitative estimate of drug-likeness (QED) is 0.868. The van der Waals surface area contributed by atoms with E-state index in [0.29, 0.717) is 11.4 Å². The van der Waals surface area contributed by atoms with Crippen molar-refractivity contribution in [3.05, 3.63) is 36.0 Å².